The molecule has 1 saturated heterocycles. The van der Waals surface area contributed by atoms with E-state index in [1.54, 1.807) is 12.1 Å². The SMILES string of the molecule is O=C(O)N1CCC(c2onc(-c3ccc(F)cc3)c2I)CC1. The van der Waals surface area contributed by atoms with E-state index in [0.717, 1.165) is 27.7 Å². The molecule has 5 nitrogen and oxygen atoms in total. The Balaban J connectivity index is 1.79. The monoisotopic (exact) mass is 416 g/mol. The molecule has 2 aromatic rings. The molecule has 0 bridgehead atoms. The lowest BCUT2D eigenvalue weighted by Gasteiger charge is -2.28. The molecule has 0 spiro atoms. The Hall–Kier alpha value is -1.64. The third-order valence-corrected chi connectivity index (χ3v) is 4.96. The Morgan fingerprint density at radius 2 is 1.95 bits per heavy atom. The summed E-state index contributed by atoms with van der Waals surface area (Å²) in [6, 6.07) is 6.13. The molecule has 0 saturated carbocycles. The number of benzene rings is 1. The van der Waals surface area contributed by atoms with E-state index in [1.165, 1.54) is 17.0 Å². The second-order valence-corrected chi connectivity index (χ2v) is 6.34. The summed E-state index contributed by atoms with van der Waals surface area (Å²) in [5, 5.41) is 13.1. The number of amides is 1. The average molecular weight is 416 g/mol. The van der Waals surface area contributed by atoms with Crippen molar-refractivity contribution in [3.05, 3.63) is 39.4 Å². The van der Waals surface area contributed by atoms with Gasteiger partial charge in [-0.25, -0.2) is 9.18 Å². The zero-order valence-corrected chi connectivity index (χ0v) is 13.8. The van der Waals surface area contributed by atoms with Gasteiger partial charge in [0, 0.05) is 24.6 Å². The van der Waals surface area contributed by atoms with Gasteiger partial charge in [-0.3, -0.25) is 0 Å². The molecule has 0 unspecified atom stereocenters. The molecule has 1 aliphatic rings. The van der Waals surface area contributed by atoms with E-state index in [2.05, 4.69) is 27.7 Å². The number of hydrogen-bond donors (Lipinski definition) is 1. The molecule has 116 valence electrons. The van der Waals surface area contributed by atoms with Crippen molar-refractivity contribution in [1.29, 1.82) is 0 Å². The number of carboxylic acid groups (broad SMARTS) is 1. The van der Waals surface area contributed by atoms with E-state index in [0.29, 0.717) is 18.8 Å². The van der Waals surface area contributed by atoms with Gasteiger partial charge in [-0.2, -0.15) is 0 Å². The van der Waals surface area contributed by atoms with Crippen molar-refractivity contribution in [2.45, 2.75) is 18.8 Å². The maximum atomic E-state index is 13.0. The zero-order chi connectivity index (χ0) is 15.7. The fourth-order valence-corrected chi connectivity index (χ4v) is 3.61. The molecule has 1 amide bonds. The van der Waals surface area contributed by atoms with Gasteiger partial charge in [0.2, 0.25) is 0 Å². The molecule has 1 aliphatic heterocycles. The zero-order valence-electron chi connectivity index (χ0n) is 11.6. The molecule has 3 rings (SSSR count). The molecule has 0 atom stereocenters. The van der Waals surface area contributed by atoms with Crippen molar-refractivity contribution in [3.63, 3.8) is 0 Å². The van der Waals surface area contributed by atoms with Crippen LogP contribution in [0.25, 0.3) is 11.3 Å². The first kappa shape index (κ1) is 15.3. The number of nitrogens with zero attached hydrogens (tertiary/aromatic N) is 2. The average Bonchev–Trinajstić information content (AvgIpc) is 2.90. The third-order valence-electron chi connectivity index (χ3n) is 3.91. The predicted octanol–water partition coefficient (Wildman–Crippen LogP) is 3.94. The number of piperidine rings is 1. The van der Waals surface area contributed by atoms with Crippen molar-refractivity contribution >= 4 is 28.7 Å². The first-order valence-corrected chi connectivity index (χ1v) is 8.03. The van der Waals surface area contributed by atoms with Gasteiger partial charge in [0.25, 0.3) is 0 Å². The van der Waals surface area contributed by atoms with Crippen LogP contribution in [0.1, 0.15) is 24.5 Å². The van der Waals surface area contributed by atoms with Crippen LogP contribution >= 0.6 is 22.6 Å². The van der Waals surface area contributed by atoms with Gasteiger partial charge in [-0.15, -0.1) is 0 Å². The van der Waals surface area contributed by atoms with Gasteiger partial charge in [-0.1, -0.05) is 5.16 Å². The van der Waals surface area contributed by atoms with Gasteiger partial charge < -0.3 is 14.5 Å². The van der Waals surface area contributed by atoms with E-state index in [-0.39, 0.29) is 11.7 Å². The summed E-state index contributed by atoms with van der Waals surface area (Å²) in [6.45, 7) is 1.01. The second kappa shape index (κ2) is 6.23. The van der Waals surface area contributed by atoms with Crippen LogP contribution in [0.2, 0.25) is 0 Å². The van der Waals surface area contributed by atoms with Crippen LogP contribution in [0, 0.1) is 9.39 Å². The number of hydrogen-bond acceptors (Lipinski definition) is 3. The van der Waals surface area contributed by atoms with E-state index in [4.69, 9.17) is 9.63 Å². The van der Waals surface area contributed by atoms with Crippen molar-refractivity contribution in [3.8, 4) is 11.3 Å². The standard InChI is InChI=1S/C15H14FIN2O3/c16-11-3-1-9(2-4-11)13-12(17)14(22-18-13)10-5-7-19(8-6-10)15(20)21/h1-4,10H,5-8H2,(H,20,21). The van der Waals surface area contributed by atoms with Crippen molar-refractivity contribution in [2.75, 3.05) is 13.1 Å². The number of aromatic nitrogens is 1. The summed E-state index contributed by atoms with van der Waals surface area (Å²) in [5.74, 6) is 0.678. The van der Waals surface area contributed by atoms with Crippen LogP contribution in [-0.4, -0.2) is 34.3 Å². The minimum Gasteiger partial charge on any atom is -0.465 e. The van der Waals surface area contributed by atoms with Gasteiger partial charge in [0.15, 0.2) is 5.76 Å². The molecule has 1 fully saturated rings. The highest BCUT2D eigenvalue weighted by Gasteiger charge is 2.29. The van der Waals surface area contributed by atoms with Gasteiger partial charge in [0.05, 0.1) is 3.57 Å². The summed E-state index contributed by atoms with van der Waals surface area (Å²) < 4.78 is 19.4. The smallest absolute Gasteiger partial charge is 0.407 e. The molecule has 2 heterocycles. The number of carbonyl (C=O) groups is 1. The van der Waals surface area contributed by atoms with E-state index >= 15 is 0 Å². The highest BCUT2D eigenvalue weighted by molar-refractivity contribution is 14.1. The van der Waals surface area contributed by atoms with Crippen LogP contribution in [0.3, 0.4) is 0 Å². The number of rotatable bonds is 2. The van der Waals surface area contributed by atoms with Crippen molar-refractivity contribution < 1.29 is 18.8 Å². The second-order valence-electron chi connectivity index (χ2n) is 5.26. The first-order chi connectivity index (χ1) is 10.6. The lowest BCUT2D eigenvalue weighted by atomic mass is 9.94. The Bertz CT molecular complexity index is 679. The summed E-state index contributed by atoms with van der Waals surface area (Å²) in [6.07, 6.45) is 0.568. The maximum Gasteiger partial charge on any atom is 0.407 e. The van der Waals surface area contributed by atoms with E-state index in [9.17, 15) is 9.18 Å². The summed E-state index contributed by atoms with van der Waals surface area (Å²) in [7, 11) is 0. The largest absolute Gasteiger partial charge is 0.465 e. The quantitative estimate of drug-likeness (QED) is 0.754. The first-order valence-electron chi connectivity index (χ1n) is 6.95. The van der Waals surface area contributed by atoms with Crippen molar-refractivity contribution in [2.24, 2.45) is 0 Å². The Morgan fingerprint density at radius 3 is 2.55 bits per heavy atom. The van der Waals surface area contributed by atoms with Crippen LogP contribution in [0.15, 0.2) is 28.8 Å². The fourth-order valence-electron chi connectivity index (χ4n) is 2.67. The lowest BCUT2D eigenvalue weighted by Crippen LogP contribution is -2.36. The molecular weight excluding hydrogens is 402 g/mol. The molecule has 7 heteroatoms. The van der Waals surface area contributed by atoms with Crippen molar-refractivity contribution in [1.82, 2.24) is 10.1 Å². The highest BCUT2D eigenvalue weighted by atomic mass is 127. The van der Waals surface area contributed by atoms with Crippen LogP contribution < -0.4 is 0 Å². The number of likely N-dealkylation sites (tertiary alicyclic amines) is 1. The lowest BCUT2D eigenvalue weighted by molar-refractivity contribution is 0.129. The maximum absolute atomic E-state index is 13.0. The van der Waals surface area contributed by atoms with Crippen LogP contribution in [-0.2, 0) is 0 Å². The highest BCUT2D eigenvalue weighted by Crippen LogP contribution is 2.36. The summed E-state index contributed by atoms with van der Waals surface area (Å²) in [4.78, 5) is 12.4. The van der Waals surface area contributed by atoms with Gasteiger partial charge in [-0.05, 0) is 59.7 Å². The molecule has 1 N–H and O–H groups in total. The number of halogens is 2. The Kier molecular flexibility index (Phi) is 4.32. The van der Waals surface area contributed by atoms with Crippen LogP contribution in [0.5, 0.6) is 0 Å². The molecule has 1 aromatic carbocycles. The third kappa shape index (κ3) is 2.94. The predicted molar refractivity (Wildman–Crippen MR) is 86.2 cm³/mol. The van der Waals surface area contributed by atoms with Gasteiger partial charge >= 0.3 is 6.09 Å². The van der Waals surface area contributed by atoms with E-state index < -0.39 is 6.09 Å². The van der Waals surface area contributed by atoms with Gasteiger partial charge in [0.1, 0.15) is 11.5 Å². The minimum absolute atomic E-state index is 0.171. The van der Waals surface area contributed by atoms with E-state index in [1.807, 2.05) is 0 Å². The molecule has 0 aliphatic carbocycles. The minimum atomic E-state index is -0.877. The normalized spacial score (nSPS) is 16.0. The molecule has 1 aromatic heterocycles. The molecular formula is C15H14FIN2O3. The Labute approximate surface area is 140 Å². The van der Waals surface area contributed by atoms with Crippen LogP contribution in [0.4, 0.5) is 9.18 Å². The molecule has 22 heavy (non-hydrogen) atoms. The summed E-state index contributed by atoms with van der Waals surface area (Å²) in [5.41, 5.74) is 1.51. The summed E-state index contributed by atoms with van der Waals surface area (Å²) >= 11 is 2.19. The Morgan fingerprint density at radius 1 is 1.32 bits per heavy atom. The topological polar surface area (TPSA) is 66.6 Å². The molecule has 0 radical (unpaired) electrons. The fraction of sp³-hybridized carbons (Fsp3) is 0.333.